The zero-order valence-corrected chi connectivity index (χ0v) is 54.3. The third kappa shape index (κ3) is 18.1. The summed E-state index contributed by atoms with van der Waals surface area (Å²) in [5.41, 5.74) is 43.4. The van der Waals surface area contributed by atoms with E-state index in [4.69, 9.17) is 34.4 Å². The summed E-state index contributed by atoms with van der Waals surface area (Å²) in [5, 5.41) is 3.95. The molecular formula is C61H81F3N22O5S2. The Morgan fingerprint density at radius 3 is 1.51 bits per heavy atom. The quantitative estimate of drug-likeness (QED) is 0.109. The molecule has 1 amide bonds. The monoisotopic (exact) mass is 1320 g/mol. The second kappa shape index (κ2) is 30.2. The number of pyridine rings is 6. The van der Waals surface area contributed by atoms with Crippen LogP contribution in [-0.2, 0) is 30.6 Å². The fraction of sp³-hybridized carbons (Fsp3) is 0.410. The average molecular weight is 1320 g/mol. The van der Waals surface area contributed by atoms with Crippen molar-refractivity contribution < 1.29 is 34.8 Å². The number of alkyl halides is 3. The second-order valence-corrected chi connectivity index (χ2v) is 27.9. The van der Waals surface area contributed by atoms with Crippen LogP contribution in [0.2, 0.25) is 0 Å². The highest BCUT2D eigenvalue weighted by Crippen LogP contribution is 2.37. The molecule has 8 aromatic rings. The number of nitrogens with zero attached hydrogens (tertiary/aromatic N) is 16. The number of halogens is 3. The lowest BCUT2D eigenvalue weighted by molar-refractivity contribution is -0.146. The number of piperidine rings is 1. The predicted octanol–water partition coefficient (Wildman–Crippen LogP) is 5.82. The lowest BCUT2D eigenvalue weighted by atomic mass is 10.0. The third-order valence-electron chi connectivity index (χ3n) is 16.3. The number of sulfone groups is 2. The average Bonchev–Trinajstić information content (AvgIpc) is 1.79. The maximum absolute atomic E-state index is 12.6. The normalized spacial score (nSPS) is 18.2. The first-order valence-electron chi connectivity index (χ1n) is 30.0. The van der Waals surface area contributed by atoms with Crippen LogP contribution in [0.3, 0.4) is 0 Å². The Bertz CT molecular complexity index is 4030. The van der Waals surface area contributed by atoms with Crippen LogP contribution in [0.1, 0.15) is 69.8 Å². The number of carbonyl (C=O) groups excluding carboxylic acids is 1. The van der Waals surface area contributed by atoms with Gasteiger partial charge < -0.3 is 58.9 Å². The van der Waals surface area contributed by atoms with Crippen LogP contribution in [0.5, 0.6) is 0 Å². The topological polar surface area (TPSA) is 384 Å². The molecule has 5 aliphatic rings. The van der Waals surface area contributed by atoms with Crippen LogP contribution in [0.25, 0.3) is 11.4 Å². The molecule has 0 aromatic carbocycles. The Hall–Kier alpha value is -9.59. The van der Waals surface area contributed by atoms with E-state index in [-0.39, 0.29) is 33.7 Å². The van der Waals surface area contributed by atoms with Crippen LogP contribution in [0, 0.1) is 13.8 Å². The molecule has 0 aliphatic carbocycles. The van der Waals surface area contributed by atoms with Gasteiger partial charge in [-0.3, -0.25) is 39.3 Å². The molecule has 13 heterocycles. The van der Waals surface area contributed by atoms with Gasteiger partial charge in [0.2, 0.25) is 11.7 Å². The summed E-state index contributed by atoms with van der Waals surface area (Å²) < 4.78 is 85.9. The Morgan fingerprint density at radius 1 is 0.581 bits per heavy atom. The zero-order valence-electron chi connectivity index (χ0n) is 52.6. The van der Waals surface area contributed by atoms with Crippen LogP contribution in [0.15, 0.2) is 123 Å². The summed E-state index contributed by atoms with van der Waals surface area (Å²) in [6.45, 7) is 14.3. The molecule has 0 radical (unpaired) electrons. The van der Waals surface area contributed by atoms with Crippen LogP contribution in [0.4, 0.5) is 70.0 Å². The van der Waals surface area contributed by atoms with Gasteiger partial charge in [-0.25, -0.2) is 31.5 Å². The molecule has 12 N–H and O–H groups in total. The molecular weight excluding hydrogens is 1240 g/mol. The first-order chi connectivity index (χ1) is 44.1. The summed E-state index contributed by atoms with van der Waals surface area (Å²) in [7, 11) is -5.81. The van der Waals surface area contributed by atoms with E-state index in [0.717, 1.165) is 109 Å². The molecule has 498 valence electrons. The predicted molar refractivity (Wildman–Crippen MR) is 357 cm³/mol. The minimum Gasteiger partial charge on any atom is -0.396 e. The van der Waals surface area contributed by atoms with E-state index in [0.29, 0.717) is 60.8 Å². The largest absolute Gasteiger partial charge is 0.450 e. The molecule has 0 bridgehead atoms. The number of hydrogen-bond donors (Lipinski definition) is 6. The van der Waals surface area contributed by atoms with Crippen molar-refractivity contribution in [1.82, 2.24) is 59.1 Å². The Kier molecular flexibility index (Phi) is 22.5. The van der Waals surface area contributed by atoms with Crippen molar-refractivity contribution in [3.05, 3.63) is 141 Å². The van der Waals surface area contributed by atoms with E-state index in [1.54, 1.807) is 66.7 Å². The van der Waals surface area contributed by atoms with Gasteiger partial charge in [0.15, 0.2) is 19.7 Å². The fourth-order valence-corrected chi connectivity index (χ4v) is 13.7. The second-order valence-electron chi connectivity index (χ2n) is 23.3. The van der Waals surface area contributed by atoms with Gasteiger partial charge in [-0.2, -0.15) is 18.3 Å². The van der Waals surface area contributed by atoms with E-state index in [1.165, 1.54) is 43.8 Å². The molecule has 2 atom stereocenters. The van der Waals surface area contributed by atoms with Crippen molar-refractivity contribution in [2.45, 2.75) is 89.2 Å². The minimum atomic E-state index is -4.51. The number of amides is 1. The number of anilines is 10. The molecule has 5 saturated heterocycles. The third-order valence-corrected chi connectivity index (χ3v) is 19.5. The lowest BCUT2D eigenvalue weighted by Crippen LogP contribution is -2.51. The number of piperazine rings is 1. The van der Waals surface area contributed by atoms with Crippen LogP contribution >= 0.6 is 0 Å². The molecule has 27 nitrogen and oxygen atoms in total. The minimum absolute atomic E-state index is 0.158. The van der Waals surface area contributed by atoms with Gasteiger partial charge in [-0.15, -0.1) is 0 Å². The summed E-state index contributed by atoms with van der Waals surface area (Å²) in [5.74, 6) is 1.26. The van der Waals surface area contributed by atoms with Gasteiger partial charge in [0.1, 0.15) is 11.6 Å². The number of fused-ring (bicyclic) bond motifs is 1. The molecule has 0 saturated carbocycles. The standard InChI is InChI=1S/C12H16N4O.C11H17N3O2S.C11H17N3.C9H7F3N4.C9H11N5.C9H13N3O2S/c13-10-7-14-4-3-11(10)15-5-6-16-9(8-15)1-2-12(16)17;1-17(15,16)9-3-2-6-14(8-9)11-4-5-13-7-10(11)12;1-11(2)5-3-7-14(11)10-4-6-13-8-9(10)12;10-9(11,12)8-15-3-4-16(8)7-1-2-14-5-6(7)13;1-6-12-7(2)14(13-6)9-3-4-11-5-8(9)10;10-8-7-11-2-1-9(8)12-3-5-15(13,14)6-4-12/h3-4,7,9H,1-2,5-6,8,13H2;4-5,7,9H,2-3,6,8,12H2,1H3;4,6,8H,3,5,7,12H2,1-2H3;1-5H,13H2;3-5H,10H2,1-2H3;1-2,7H,3-6,10H2/t9-;;;;;/m1...../s1. The molecule has 5 fully saturated rings. The molecule has 0 spiro atoms. The number of hydrogen-bond acceptors (Lipinski definition) is 24. The first kappa shape index (κ1) is 69.3. The lowest BCUT2D eigenvalue weighted by Gasteiger charge is -2.39. The SMILES string of the molecule is CC1(C)CCCN1c1ccncc1N.CS(=O)(=O)C1CCCN(c2ccncc2N)C1.Cc1nc(C)n(-c2ccncc2N)n1.Nc1cnccc1-n1ccnc1C(F)(F)F.Nc1cnccc1N1CCN2C(=O)CC[C@@H]2C1.Nc1cnccc1N1CCS(=O)(=O)CC1. The van der Waals surface area contributed by atoms with E-state index in [9.17, 15) is 34.8 Å². The van der Waals surface area contributed by atoms with Crippen molar-refractivity contribution in [2.75, 3.05) is 124 Å². The van der Waals surface area contributed by atoms with Gasteiger partial charge in [-0.1, -0.05) is 0 Å². The number of aromatic nitrogens is 11. The van der Waals surface area contributed by atoms with E-state index >= 15 is 0 Å². The Balaban J connectivity index is 0.000000144. The summed E-state index contributed by atoms with van der Waals surface area (Å²) in [4.78, 5) is 53.2. The van der Waals surface area contributed by atoms with Gasteiger partial charge in [0.05, 0.1) is 122 Å². The molecule has 32 heteroatoms. The fourth-order valence-electron chi connectivity index (χ4n) is 11.5. The molecule has 93 heavy (non-hydrogen) atoms. The van der Waals surface area contributed by atoms with Crippen molar-refractivity contribution in [1.29, 1.82) is 0 Å². The zero-order chi connectivity index (χ0) is 67.3. The van der Waals surface area contributed by atoms with Gasteiger partial charge in [-0.05, 0) is 96.2 Å². The van der Waals surface area contributed by atoms with Crippen molar-refractivity contribution in [2.24, 2.45) is 0 Å². The molecule has 8 aromatic heterocycles. The van der Waals surface area contributed by atoms with E-state index in [1.807, 2.05) is 58.9 Å². The number of carbonyl (C=O) groups is 1. The summed E-state index contributed by atoms with van der Waals surface area (Å²) >= 11 is 0. The number of rotatable bonds is 7. The number of imidazole rings is 1. The van der Waals surface area contributed by atoms with Gasteiger partial charge in [0, 0.05) is 126 Å². The molecule has 1 unspecified atom stereocenters. The first-order valence-corrected chi connectivity index (χ1v) is 33.8. The van der Waals surface area contributed by atoms with Gasteiger partial charge in [0.25, 0.3) is 0 Å². The summed E-state index contributed by atoms with van der Waals surface area (Å²) in [6.07, 6.45) is 24.3. The van der Waals surface area contributed by atoms with E-state index in [2.05, 4.69) is 68.6 Å². The molecule has 5 aliphatic heterocycles. The van der Waals surface area contributed by atoms with Crippen molar-refractivity contribution in [3.8, 4) is 11.4 Å². The highest BCUT2D eigenvalue weighted by atomic mass is 32.2. The smallest absolute Gasteiger partial charge is 0.396 e. The maximum Gasteiger partial charge on any atom is 0.450 e. The highest BCUT2D eigenvalue weighted by molar-refractivity contribution is 7.91. The van der Waals surface area contributed by atoms with Crippen molar-refractivity contribution in [3.63, 3.8) is 0 Å². The maximum atomic E-state index is 12.6. The van der Waals surface area contributed by atoms with Crippen LogP contribution < -0.4 is 54.0 Å². The van der Waals surface area contributed by atoms with Gasteiger partial charge >= 0.3 is 6.18 Å². The summed E-state index contributed by atoms with van der Waals surface area (Å²) in [6, 6.07) is 11.2. The highest BCUT2D eigenvalue weighted by Gasteiger charge is 2.38. The number of aryl methyl sites for hydroxylation is 2. The Morgan fingerprint density at radius 2 is 1.05 bits per heavy atom. The number of nitrogen functional groups attached to an aromatic ring is 6. The van der Waals surface area contributed by atoms with Crippen LogP contribution in [-0.4, -0.2) is 169 Å². The van der Waals surface area contributed by atoms with Crippen molar-refractivity contribution >= 4 is 82.5 Å². The van der Waals surface area contributed by atoms with E-state index < -0.39 is 31.7 Å². The Labute approximate surface area is 539 Å². The molecule has 13 rings (SSSR count). The number of nitrogens with two attached hydrogens (primary N) is 6.